The van der Waals surface area contributed by atoms with Gasteiger partial charge in [-0.3, -0.25) is 13.9 Å². The molecule has 0 aliphatic heterocycles. The van der Waals surface area contributed by atoms with Gasteiger partial charge in [0.15, 0.2) is 0 Å². The average molecular weight is 600 g/mol. The van der Waals surface area contributed by atoms with Crippen molar-refractivity contribution in [1.29, 1.82) is 0 Å². The van der Waals surface area contributed by atoms with Gasteiger partial charge in [0.05, 0.1) is 17.7 Å². The molecule has 1 atom stereocenters. The predicted molar refractivity (Wildman–Crippen MR) is 163 cm³/mol. The van der Waals surface area contributed by atoms with Crippen LogP contribution >= 0.6 is 11.6 Å². The molecule has 1 unspecified atom stereocenters. The van der Waals surface area contributed by atoms with E-state index in [1.165, 1.54) is 24.1 Å². The topological polar surface area (TPSA) is 96.0 Å². The molecule has 41 heavy (non-hydrogen) atoms. The normalized spacial score (nSPS) is 12.4. The molecule has 0 fully saturated rings. The number of hydrogen-bond donors (Lipinski definition) is 1. The van der Waals surface area contributed by atoms with Gasteiger partial charge in [-0.05, 0) is 82.1 Å². The molecule has 10 heteroatoms. The van der Waals surface area contributed by atoms with Crippen LogP contribution in [0.25, 0.3) is 0 Å². The Balaban J connectivity index is 2.09. The Hall–Kier alpha value is -3.56. The highest BCUT2D eigenvalue weighted by Crippen LogP contribution is 2.27. The predicted octanol–water partition coefficient (Wildman–Crippen LogP) is 5.57. The van der Waals surface area contributed by atoms with E-state index >= 15 is 0 Å². The standard InChI is InChI=1S/C31H38ClN3O5S/c1-7-28(30(37)33-31(3,4)5)34(20-23-10-8-9-11-27(23)32)29(36)21-35(24-14-16-25(40-6)17-15-24)41(38,39)26-18-12-22(2)13-19-26/h8-19,28H,7,20-21H2,1-6H3,(H,33,37). The maximum Gasteiger partial charge on any atom is 0.264 e. The highest BCUT2D eigenvalue weighted by Gasteiger charge is 2.34. The van der Waals surface area contributed by atoms with E-state index in [9.17, 15) is 18.0 Å². The van der Waals surface area contributed by atoms with Gasteiger partial charge in [-0.2, -0.15) is 0 Å². The zero-order valence-corrected chi connectivity index (χ0v) is 25.9. The maximum atomic E-state index is 14.1. The lowest BCUT2D eigenvalue weighted by Gasteiger charge is -2.35. The van der Waals surface area contributed by atoms with Gasteiger partial charge in [-0.1, -0.05) is 54.4 Å². The van der Waals surface area contributed by atoms with Crippen LogP contribution in [0.2, 0.25) is 5.02 Å². The van der Waals surface area contributed by atoms with Crippen LogP contribution in [0.4, 0.5) is 5.69 Å². The summed E-state index contributed by atoms with van der Waals surface area (Å²) in [6.07, 6.45) is 0.311. The minimum atomic E-state index is -4.16. The van der Waals surface area contributed by atoms with Crippen LogP contribution in [0.3, 0.4) is 0 Å². The van der Waals surface area contributed by atoms with E-state index in [-0.39, 0.29) is 23.0 Å². The largest absolute Gasteiger partial charge is 0.497 e. The number of hydrogen-bond acceptors (Lipinski definition) is 5. The second-order valence-corrected chi connectivity index (χ2v) is 13.1. The molecule has 3 aromatic rings. The van der Waals surface area contributed by atoms with E-state index in [0.717, 1.165) is 9.87 Å². The number of carbonyl (C=O) groups is 2. The minimum Gasteiger partial charge on any atom is -0.497 e. The lowest BCUT2D eigenvalue weighted by Crippen LogP contribution is -2.55. The Labute approximate surface area is 248 Å². The number of aryl methyl sites for hydroxylation is 1. The highest BCUT2D eigenvalue weighted by molar-refractivity contribution is 7.92. The minimum absolute atomic E-state index is 0.0234. The van der Waals surface area contributed by atoms with Gasteiger partial charge < -0.3 is 15.0 Å². The van der Waals surface area contributed by atoms with Crippen molar-refractivity contribution in [3.05, 3.63) is 88.9 Å². The molecule has 0 aliphatic rings. The molecule has 0 bridgehead atoms. The zero-order chi connectivity index (χ0) is 30.4. The fraction of sp³-hybridized carbons (Fsp3) is 0.355. The van der Waals surface area contributed by atoms with Gasteiger partial charge >= 0.3 is 0 Å². The number of nitrogens with zero attached hydrogens (tertiary/aromatic N) is 2. The second kappa shape index (κ2) is 13.4. The molecule has 3 aromatic carbocycles. The monoisotopic (exact) mass is 599 g/mol. The Kier molecular flexibility index (Phi) is 10.4. The average Bonchev–Trinajstić information content (AvgIpc) is 2.91. The summed E-state index contributed by atoms with van der Waals surface area (Å²) in [5.74, 6) is -0.344. The summed E-state index contributed by atoms with van der Waals surface area (Å²) >= 11 is 6.45. The van der Waals surface area contributed by atoms with Gasteiger partial charge in [0.2, 0.25) is 11.8 Å². The molecule has 0 aliphatic carbocycles. The molecular weight excluding hydrogens is 562 g/mol. The van der Waals surface area contributed by atoms with Crippen molar-refractivity contribution in [2.75, 3.05) is 18.0 Å². The van der Waals surface area contributed by atoms with E-state index in [2.05, 4.69) is 5.32 Å². The molecular formula is C31H38ClN3O5S. The van der Waals surface area contributed by atoms with Gasteiger partial charge in [-0.25, -0.2) is 8.42 Å². The van der Waals surface area contributed by atoms with Crippen molar-refractivity contribution in [2.24, 2.45) is 0 Å². The van der Waals surface area contributed by atoms with Crippen molar-refractivity contribution in [2.45, 2.75) is 64.1 Å². The van der Waals surface area contributed by atoms with Crippen LogP contribution in [0.1, 0.15) is 45.2 Å². The summed E-state index contributed by atoms with van der Waals surface area (Å²) in [6.45, 7) is 8.74. The number of sulfonamides is 1. The Morgan fingerprint density at radius 3 is 2.12 bits per heavy atom. The van der Waals surface area contributed by atoms with E-state index in [4.69, 9.17) is 16.3 Å². The molecule has 0 heterocycles. The summed E-state index contributed by atoms with van der Waals surface area (Å²) in [5, 5.41) is 3.39. The first-order valence-electron chi connectivity index (χ1n) is 13.3. The molecule has 0 radical (unpaired) electrons. The van der Waals surface area contributed by atoms with Crippen molar-refractivity contribution < 1.29 is 22.7 Å². The first-order chi connectivity index (χ1) is 19.3. The third-order valence-corrected chi connectivity index (χ3v) is 8.59. The third kappa shape index (κ3) is 8.24. The van der Waals surface area contributed by atoms with E-state index in [1.54, 1.807) is 60.7 Å². The lowest BCUT2D eigenvalue weighted by molar-refractivity contribution is -0.141. The van der Waals surface area contributed by atoms with E-state index in [0.29, 0.717) is 22.8 Å². The molecule has 8 nitrogen and oxygen atoms in total. The van der Waals surface area contributed by atoms with Crippen LogP contribution in [0, 0.1) is 6.92 Å². The molecule has 220 valence electrons. The summed E-state index contributed by atoms with van der Waals surface area (Å²) in [6, 6.07) is 19.1. The fourth-order valence-electron chi connectivity index (χ4n) is 4.30. The summed E-state index contributed by atoms with van der Waals surface area (Å²) in [7, 11) is -2.65. The molecule has 0 saturated carbocycles. The fourth-order valence-corrected chi connectivity index (χ4v) is 5.91. The molecule has 2 amide bonds. The number of methoxy groups -OCH3 is 1. The van der Waals surface area contributed by atoms with Crippen LogP contribution < -0.4 is 14.4 Å². The number of halogens is 1. The molecule has 0 spiro atoms. The van der Waals surface area contributed by atoms with E-state index in [1.807, 2.05) is 34.6 Å². The van der Waals surface area contributed by atoms with Crippen molar-refractivity contribution >= 4 is 39.1 Å². The number of rotatable bonds is 11. The highest BCUT2D eigenvalue weighted by atomic mass is 35.5. The summed E-state index contributed by atoms with van der Waals surface area (Å²) in [4.78, 5) is 29.0. The smallest absolute Gasteiger partial charge is 0.264 e. The lowest BCUT2D eigenvalue weighted by atomic mass is 10.1. The van der Waals surface area contributed by atoms with Crippen LogP contribution in [-0.2, 0) is 26.2 Å². The number of ether oxygens (including phenoxy) is 1. The molecule has 0 saturated heterocycles. The third-order valence-electron chi connectivity index (χ3n) is 6.43. The van der Waals surface area contributed by atoms with Crippen LogP contribution in [0.15, 0.2) is 77.7 Å². The number of carbonyl (C=O) groups excluding carboxylic acids is 2. The molecule has 1 N–H and O–H groups in total. The summed E-state index contributed by atoms with van der Waals surface area (Å²) < 4.78 is 34.2. The van der Waals surface area contributed by atoms with Crippen molar-refractivity contribution in [3.63, 3.8) is 0 Å². The first-order valence-corrected chi connectivity index (χ1v) is 15.2. The Morgan fingerprint density at radius 1 is 0.976 bits per heavy atom. The van der Waals surface area contributed by atoms with Crippen LogP contribution in [-0.4, -0.2) is 50.4 Å². The van der Waals surface area contributed by atoms with Crippen molar-refractivity contribution in [1.82, 2.24) is 10.2 Å². The number of amides is 2. The number of anilines is 1. The summed E-state index contributed by atoms with van der Waals surface area (Å²) in [5.41, 5.74) is 1.29. The number of nitrogens with one attached hydrogen (secondary N) is 1. The zero-order valence-electron chi connectivity index (χ0n) is 24.3. The van der Waals surface area contributed by atoms with Crippen LogP contribution in [0.5, 0.6) is 5.75 Å². The second-order valence-electron chi connectivity index (χ2n) is 10.8. The van der Waals surface area contributed by atoms with E-state index < -0.39 is 34.1 Å². The molecule has 0 aromatic heterocycles. The van der Waals surface area contributed by atoms with Gasteiger partial charge in [0.25, 0.3) is 10.0 Å². The van der Waals surface area contributed by atoms with Crippen molar-refractivity contribution in [3.8, 4) is 5.75 Å². The van der Waals surface area contributed by atoms with Gasteiger partial charge in [0, 0.05) is 17.1 Å². The molecule has 3 rings (SSSR count). The first kappa shape index (κ1) is 32.0. The SMILES string of the molecule is CCC(C(=O)NC(C)(C)C)N(Cc1ccccc1Cl)C(=O)CN(c1ccc(OC)cc1)S(=O)(=O)c1ccc(C)cc1. The van der Waals surface area contributed by atoms with Gasteiger partial charge in [0.1, 0.15) is 18.3 Å². The van der Waals surface area contributed by atoms with Gasteiger partial charge in [-0.15, -0.1) is 0 Å². The maximum absolute atomic E-state index is 14.1. The Bertz CT molecular complexity index is 1450. The number of benzene rings is 3. The Morgan fingerprint density at radius 2 is 1.59 bits per heavy atom. The quantitative estimate of drug-likeness (QED) is 0.311.